The quantitative estimate of drug-likeness (QED) is 0.624. The summed E-state index contributed by atoms with van der Waals surface area (Å²) in [4.78, 5) is 4.27. The number of benzene rings is 1. The molecule has 0 atom stereocenters. The molecule has 19 heavy (non-hydrogen) atoms. The van der Waals surface area contributed by atoms with E-state index in [1.54, 1.807) is 11.8 Å². The van der Waals surface area contributed by atoms with Crippen molar-refractivity contribution in [1.82, 2.24) is 9.55 Å². The van der Waals surface area contributed by atoms with Crippen LogP contribution in [0.5, 0.6) is 5.75 Å². The molecule has 0 bridgehead atoms. The van der Waals surface area contributed by atoms with E-state index in [2.05, 4.69) is 4.98 Å². The van der Waals surface area contributed by atoms with Crippen molar-refractivity contribution in [3.05, 3.63) is 42.2 Å². The number of aromatic nitrogens is 2. The molecule has 4 nitrogen and oxygen atoms in total. The van der Waals surface area contributed by atoms with Gasteiger partial charge in [-0.2, -0.15) is 0 Å². The number of nitrogens with zero attached hydrogens (tertiary/aromatic N) is 2. The highest BCUT2D eigenvalue weighted by Gasteiger charge is 2.00. The molecule has 5 heteroatoms. The molecule has 1 aromatic heterocycles. The van der Waals surface area contributed by atoms with Gasteiger partial charge >= 0.3 is 0 Å². The van der Waals surface area contributed by atoms with E-state index >= 15 is 0 Å². The van der Waals surface area contributed by atoms with Crippen molar-refractivity contribution in [2.24, 2.45) is 12.8 Å². The van der Waals surface area contributed by atoms with Gasteiger partial charge in [0.05, 0.1) is 6.61 Å². The molecule has 0 fully saturated rings. The molecular weight excluding hydrogens is 258 g/mol. The average Bonchev–Trinajstić information content (AvgIpc) is 2.84. The van der Waals surface area contributed by atoms with Gasteiger partial charge in [0.15, 0.2) is 5.16 Å². The van der Waals surface area contributed by atoms with Crippen LogP contribution in [0, 0.1) is 0 Å². The lowest BCUT2D eigenvalue weighted by atomic mass is 10.2. The van der Waals surface area contributed by atoms with Crippen molar-refractivity contribution in [1.29, 1.82) is 0 Å². The second kappa shape index (κ2) is 7.21. The molecule has 1 aromatic carbocycles. The first-order valence-corrected chi connectivity index (χ1v) is 7.30. The van der Waals surface area contributed by atoms with Gasteiger partial charge in [-0.25, -0.2) is 4.98 Å². The van der Waals surface area contributed by atoms with E-state index in [0.717, 1.165) is 28.6 Å². The number of aryl methyl sites for hydroxylation is 1. The summed E-state index contributed by atoms with van der Waals surface area (Å²) in [5, 5.41) is 1.05. The van der Waals surface area contributed by atoms with Crippen LogP contribution in [0.25, 0.3) is 0 Å². The number of nitrogens with two attached hydrogens (primary N) is 1. The van der Waals surface area contributed by atoms with Gasteiger partial charge in [0, 0.05) is 31.7 Å². The third-order valence-electron chi connectivity index (χ3n) is 2.70. The maximum atomic E-state index is 5.70. The minimum absolute atomic E-state index is 0.548. The number of hydrogen-bond donors (Lipinski definition) is 1. The van der Waals surface area contributed by atoms with Crippen molar-refractivity contribution in [2.45, 2.75) is 18.1 Å². The number of imidazole rings is 1. The van der Waals surface area contributed by atoms with Gasteiger partial charge in [-0.05, 0) is 24.1 Å². The molecule has 102 valence electrons. The van der Waals surface area contributed by atoms with Crippen molar-refractivity contribution in [2.75, 3.05) is 12.4 Å². The highest BCUT2D eigenvalue weighted by molar-refractivity contribution is 7.99. The molecule has 1 heterocycles. The van der Waals surface area contributed by atoms with Crippen LogP contribution >= 0.6 is 11.8 Å². The highest BCUT2D eigenvalue weighted by Crippen LogP contribution is 2.16. The molecule has 0 spiro atoms. The number of thioether (sulfide) groups is 1. The van der Waals surface area contributed by atoms with Gasteiger partial charge in [-0.1, -0.05) is 23.9 Å². The monoisotopic (exact) mass is 277 g/mol. The summed E-state index contributed by atoms with van der Waals surface area (Å²) in [5.41, 5.74) is 6.69. The zero-order valence-electron chi connectivity index (χ0n) is 11.1. The maximum Gasteiger partial charge on any atom is 0.167 e. The molecule has 0 aliphatic carbocycles. The molecule has 0 saturated carbocycles. The fraction of sp³-hybridized carbons (Fsp3) is 0.357. The predicted molar refractivity (Wildman–Crippen MR) is 78.4 cm³/mol. The van der Waals surface area contributed by atoms with Crippen LogP contribution in [0.2, 0.25) is 0 Å². The van der Waals surface area contributed by atoms with Crippen molar-refractivity contribution < 1.29 is 4.74 Å². The minimum Gasteiger partial charge on any atom is -0.494 e. The van der Waals surface area contributed by atoms with Crippen LogP contribution < -0.4 is 10.5 Å². The standard InChI is InChI=1S/C14H19N3OS/c1-17-7-6-16-14(17)19-9-3-8-18-13-5-2-4-12(10-13)11-15/h2,4-7,10H,3,8-9,11,15H2,1H3. The predicted octanol–water partition coefficient (Wildman–Crippen LogP) is 2.44. The van der Waals surface area contributed by atoms with Crippen LogP contribution in [0.4, 0.5) is 0 Å². The van der Waals surface area contributed by atoms with Crippen LogP contribution in [-0.4, -0.2) is 21.9 Å². The summed E-state index contributed by atoms with van der Waals surface area (Å²) >= 11 is 1.75. The first-order chi connectivity index (χ1) is 9.29. The van der Waals surface area contributed by atoms with Gasteiger partial charge in [0.25, 0.3) is 0 Å². The summed E-state index contributed by atoms with van der Waals surface area (Å²) in [6, 6.07) is 7.93. The molecule has 2 rings (SSSR count). The second-order valence-electron chi connectivity index (χ2n) is 4.22. The van der Waals surface area contributed by atoms with Gasteiger partial charge in [-0.15, -0.1) is 0 Å². The molecule has 0 aliphatic heterocycles. The van der Waals surface area contributed by atoms with Gasteiger partial charge < -0.3 is 15.0 Å². The molecule has 2 aromatic rings. The Morgan fingerprint density at radius 3 is 3.05 bits per heavy atom. The summed E-state index contributed by atoms with van der Waals surface area (Å²) in [6.45, 7) is 1.26. The van der Waals surface area contributed by atoms with E-state index in [1.165, 1.54) is 0 Å². The summed E-state index contributed by atoms with van der Waals surface area (Å²) in [7, 11) is 2.00. The van der Waals surface area contributed by atoms with Crippen molar-refractivity contribution >= 4 is 11.8 Å². The first-order valence-electron chi connectivity index (χ1n) is 6.31. The minimum atomic E-state index is 0.548. The lowest BCUT2D eigenvalue weighted by Crippen LogP contribution is -2.01. The fourth-order valence-electron chi connectivity index (χ4n) is 1.67. The third kappa shape index (κ3) is 4.29. The Labute approximate surface area is 118 Å². The lowest BCUT2D eigenvalue weighted by Gasteiger charge is -2.07. The fourth-order valence-corrected chi connectivity index (χ4v) is 2.51. The Bertz CT molecular complexity index is 513. The lowest BCUT2D eigenvalue weighted by molar-refractivity contribution is 0.318. The number of ether oxygens (including phenoxy) is 1. The van der Waals surface area contributed by atoms with Gasteiger partial charge in [0.1, 0.15) is 5.75 Å². The average molecular weight is 277 g/mol. The van der Waals surface area contributed by atoms with Crippen LogP contribution in [-0.2, 0) is 13.6 Å². The van der Waals surface area contributed by atoms with Gasteiger partial charge in [-0.3, -0.25) is 0 Å². The SMILES string of the molecule is Cn1ccnc1SCCCOc1cccc(CN)c1. The molecule has 0 saturated heterocycles. The Kier molecular flexibility index (Phi) is 5.30. The highest BCUT2D eigenvalue weighted by atomic mass is 32.2. The second-order valence-corrected chi connectivity index (χ2v) is 5.28. The molecule has 0 radical (unpaired) electrons. The zero-order valence-corrected chi connectivity index (χ0v) is 11.9. The van der Waals surface area contributed by atoms with Gasteiger partial charge in [0.2, 0.25) is 0 Å². The zero-order chi connectivity index (χ0) is 13.5. The Morgan fingerprint density at radius 1 is 1.42 bits per heavy atom. The van der Waals surface area contributed by atoms with E-state index in [4.69, 9.17) is 10.5 Å². The van der Waals surface area contributed by atoms with Crippen LogP contribution in [0.3, 0.4) is 0 Å². The summed E-state index contributed by atoms with van der Waals surface area (Å²) in [6.07, 6.45) is 4.76. The molecule has 0 amide bonds. The number of hydrogen-bond acceptors (Lipinski definition) is 4. The normalized spacial score (nSPS) is 10.6. The van der Waals surface area contributed by atoms with Crippen molar-refractivity contribution in [3.8, 4) is 5.75 Å². The topological polar surface area (TPSA) is 53.1 Å². The molecule has 2 N–H and O–H groups in total. The van der Waals surface area contributed by atoms with Crippen LogP contribution in [0.1, 0.15) is 12.0 Å². The maximum absolute atomic E-state index is 5.70. The Balaban J connectivity index is 1.68. The smallest absolute Gasteiger partial charge is 0.167 e. The van der Waals surface area contributed by atoms with Crippen LogP contribution in [0.15, 0.2) is 41.8 Å². The number of rotatable bonds is 7. The Morgan fingerprint density at radius 2 is 2.32 bits per heavy atom. The molecule has 0 unspecified atom stereocenters. The first kappa shape index (κ1) is 14.0. The van der Waals surface area contributed by atoms with E-state index in [0.29, 0.717) is 13.2 Å². The van der Waals surface area contributed by atoms with E-state index in [9.17, 15) is 0 Å². The molecular formula is C14H19N3OS. The molecule has 0 aliphatic rings. The summed E-state index contributed by atoms with van der Waals surface area (Å²) < 4.78 is 7.73. The van der Waals surface area contributed by atoms with E-state index < -0.39 is 0 Å². The third-order valence-corrected chi connectivity index (χ3v) is 3.84. The van der Waals surface area contributed by atoms with E-state index in [1.807, 2.05) is 48.3 Å². The largest absolute Gasteiger partial charge is 0.494 e. The summed E-state index contributed by atoms with van der Waals surface area (Å²) in [5.74, 6) is 1.89. The Hall–Kier alpha value is -1.46. The van der Waals surface area contributed by atoms with E-state index in [-0.39, 0.29) is 0 Å². The van der Waals surface area contributed by atoms with Crippen molar-refractivity contribution in [3.63, 3.8) is 0 Å².